The van der Waals surface area contributed by atoms with Gasteiger partial charge in [0.05, 0.1) is 18.2 Å². The first-order chi connectivity index (χ1) is 18.2. The Kier molecular flexibility index (Phi) is 7.38. The van der Waals surface area contributed by atoms with Crippen LogP contribution >= 0.6 is 0 Å². The number of rotatable bonds is 7. The van der Waals surface area contributed by atoms with E-state index in [0.717, 1.165) is 23.1 Å². The SMILES string of the molecule is CC1=C(C=NCc2ccc(F)cc2)CC2(C)C(=C1)CCC2(O)CCc1ccccc1C(=O)N1CCC(O)C1. The maximum Gasteiger partial charge on any atom is 0.254 e. The highest BCUT2D eigenvalue weighted by atomic mass is 19.1. The molecule has 1 saturated carbocycles. The third-order valence-electron chi connectivity index (χ3n) is 8.93. The molecule has 200 valence electrons. The number of aliphatic imine (C=N–C) groups is 1. The predicted molar refractivity (Wildman–Crippen MR) is 148 cm³/mol. The number of benzene rings is 2. The second-order valence-electron chi connectivity index (χ2n) is 11.4. The standard InChI is InChI=1S/C32H37FN2O3/c1-22-17-26-12-15-32(38,31(26,2)18-25(22)20-34-19-23-7-9-27(33)10-8-23)14-11-24-5-3-4-6-29(24)30(37)35-16-13-28(36)21-35/h3-10,17,20,28,36,38H,11-16,18-19,21H2,1-2H3. The second-order valence-corrected chi connectivity index (χ2v) is 11.4. The number of aliphatic hydroxyl groups excluding tert-OH is 1. The van der Waals surface area contributed by atoms with Crippen molar-refractivity contribution < 1.29 is 19.4 Å². The topological polar surface area (TPSA) is 73.1 Å². The average molecular weight is 517 g/mol. The summed E-state index contributed by atoms with van der Waals surface area (Å²) in [6, 6.07) is 14.1. The van der Waals surface area contributed by atoms with Gasteiger partial charge in [0.25, 0.3) is 5.91 Å². The summed E-state index contributed by atoms with van der Waals surface area (Å²) in [6.45, 7) is 5.69. The molecule has 2 N–H and O–H groups in total. The summed E-state index contributed by atoms with van der Waals surface area (Å²) in [6.07, 6.45) is 7.72. The number of nitrogens with zero attached hydrogens (tertiary/aromatic N) is 2. The predicted octanol–water partition coefficient (Wildman–Crippen LogP) is 5.41. The van der Waals surface area contributed by atoms with Crippen molar-refractivity contribution in [2.75, 3.05) is 13.1 Å². The number of carbonyl (C=O) groups excluding carboxylic acids is 1. The zero-order valence-corrected chi connectivity index (χ0v) is 22.3. The van der Waals surface area contributed by atoms with Crippen LogP contribution in [0.25, 0.3) is 0 Å². The minimum Gasteiger partial charge on any atom is -0.391 e. The fourth-order valence-corrected chi connectivity index (χ4v) is 6.36. The van der Waals surface area contributed by atoms with Crippen LogP contribution in [0.3, 0.4) is 0 Å². The number of aliphatic hydroxyl groups is 2. The fourth-order valence-electron chi connectivity index (χ4n) is 6.36. The lowest BCUT2D eigenvalue weighted by atomic mass is 9.65. The van der Waals surface area contributed by atoms with Gasteiger partial charge in [-0.25, -0.2) is 4.39 Å². The molecule has 1 aliphatic heterocycles. The molecule has 3 unspecified atom stereocenters. The molecule has 0 radical (unpaired) electrons. The van der Waals surface area contributed by atoms with Gasteiger partial charge in [-0.2, -0.15) is 0 Å². The molecular formula is C32H37FN2O3. The molecule has 6 heteroatoms. The Morgan fingerprint density at radius 2 is 1.97 bits per heavy atom. The molecule has 5 nitrogen and oxygen atoms in total. The highest BCUT2D eigenvalue weighted by Crippen LogP contribution is 2.57. The van der Waals surface area contributed by atoms with E-state index in [9.17, 15) is 19.4 Å². The van der Waals surface area contributed by atoms with E-state index < -0.39 is 17.1 Å². The molecule has 0 spiro atoms. The van der Waals surface area contributed by atoms with E-state index in [4.69, 9.17) is 0 Å². The van der Waals surface area contributed by atoms with Crippen LogP contribution in [0.15, 0.2) is 76.3 Å². The van der Waals surface area contributed by atoms with Gasteiger partial charge < -0.3 is 15.1 Å². The third kappa shape index (κ3) is 5.12. The van der Waals surface area contributed by atoms with Crippen LogP contribution < -0.4 is 0 Å². The second kappa shape index (κ2) is 10.6. The number of fused-ring (bicyclic) bond motifs is 1. The van der Waals surface area contributed by atoms with Gasteiger partial charge in [-0.15, -0.1) is 0 Å². The zero-order chi connectivity index (χ0) is 26.9. The minimum absolute atomic E-state index is 0.0433. The van der Waals surface area contributed by atoms with Gasteiger partial charge >= 0.3 is 0 Å². The van der Waals surface area contributed by atoms with Crippen molar-refractivity contribution in [3.63, 3.8) is 0 Å². The Morgan fingerprint density at radius 3 is 2.71 bits per heavy atom. The Morgan fingerprint density at radius 1 is 1.21 bits per heavy atom. The van der Waals surface area contributed by atoms with Crippen molar-refractivity contribution in [3.05, 3.63) is 93.8 Å². The quantitative estimate of drug-likeness (QED) is 0.483. The highest BCUT2D eigenvalue weighted by Gasteiger charge is 2.54. The van der Waals surface area contributed by atoms with Gasteiger partial charge in [-0.3, -0.25) is 9.79 Å². The van der Waals surface area contributed by atoms with E-state index in [2.05, 4.69) is 24.9 Å². The van der Waals surface area contributed by atoms with Gasteiger partial charge in [0.15, 0.2) is 0 Å². The largest absolute Gasteiger partial charge is 0.391 e. The first-order valence-corrected chi connectivity index (χ1v) is 13.6. The molecule has 0 bridgehead atoms. The van der Waals surface area contributed by atoms with Crippen molar-refractivity contribution in [1.29, 1.82) is 0 Å². The molecule has 3 atom stereocenters. The van der Waals surface area contributed by atoms with Crippen molar-refractivity contribution in [3.8, 4) is 0 Å². The number of β-amino-alcohol motifs (C(OH)–C–C–N with tert-alkyl or cyclic N) is 1. The summed E-state index contributed by atoms with van der Waals surface area (Å²) in [5.74, 6) is -0.297. The molecular weight excluding hydrogens is 479 g/mol. The Hall–Kier alpha value is -3.09. The molecule has 2 aliphatic carbocycles. The number of likely N-dealkylation sites (tertiary alicyclic amines) is 1. The van der Waals surface area contributed by atoms with Crippen LogP contribution in [0.5, 0.6) is 0 Å². The van der Waals surface area contributed by atoms with E-state index >= 15 is 0 Å². The van der Waals surface area contributed by atoms with Crippen LogP contribution in [-0.2, 0) is 13.0 Å². The molecule has 1 heterocycles. The molecule has 3 aliphatic rings. The normalized spacial score (nSPS) is 27.2. The number of hydrogen-bond acceptors (Lipinski definition) is 4. The van der Waals surface area contributed by atoms with E-state index in [1.807, 2.05) is 30.5 Å². The molecule has 5 rings (SSSR count). The number of amides is 1. The average Bonchev–Trinajstić information content (AvgIpc) is 3.45. The molecule has 0 aromatic heterocycles. The first kappa shape index (κ1) is 26.5. The fraction of sp³-hybridized carbons (Fsp3) is 0.438. The summed E-state index contributed by atoms with van der Waals surface area (Å²) in [4.78, 5) is 19.5. The van der Waals surface area contributed by atoms with Gasteiger partial charge in [-0.05, 0) is 85.9 Å². The van der Waals surface area contributed by atoms with E-state index in [0.29, 0.717) is 57.3 Å². The van der Waals surface area contributed by atoms with E-state index in [1.165, 1.54) is 23.3 Å². The van der Waals surface area contributed by atoms with Crippen LogP contribution in [0.4, 0.5) is 4.39 Å². The van der Waals surface area contributed by atoms with Gasteiger partial charge in [-0.1, -0.05) is 48.9 Å². The van der Waals surface area contributed by atoms with Crippen molar-refractivity contribution in [2.45, 2.75) is 70.6 Å². The molecule has 2 fully saturated rings. The van der Waals surface area contributed by atoms with Gasteiger partial charge in [0.1, 0.15) is 5.82 Å². The molecule has 38 heavy (non-hydrogen) atoms. The Labute approximate surface area is 224 Å². The number of hydrogen-bond donors (Lipinski definition) is 2. The zero-order valence-electron chi connectivity index (χ0n) is 22.3. The van der Waals surface area contributed by atoms with E-state index in [-0.39, 0.29) is 11.7 Å². The molecule has 1 saturated heterocycles. The smallest absolute Gasteiger partial charge is 0.254 e. The van der Waals surface area contributed by atoms with Crippen molar-refractivity contribution >= 4 is 12.1 Å². The number of carbonyl (C=O) groups is 1. The van der Waals surface area contributed by atoms with Gasteiger partial charge in [0, 0.05) is 30.3 Å². The lowest BCUT2D eigenvalue weighted by Crippen LogP contribution is -2.44. The lowest BCUT2D eigenvalue weighted by Gasteiger charge is -2.43. The van der Waals surface area contributed by atoms with Crippen LogP contribution in [0.1, 0.15) is 67.4 Å². The van der Waals surface area contributed by atoms with Crippen molar-refractivity contribution in [2.24, 2.45) is 10.4 Å². The van der Waals surface area contributed by atoms with Gasteiger partial charge in [0.2, 0.25) is 0 Å². The molecule has 1 amide bonds. The number of halogens is 1. The van der Waals surface area contributed by atoms with Crippen LogP contribution in [0, 0.1) is 11.2 Å². The summed E-state index contributed by atoms with van der Waals surface area (Å²) in [5.41, 5.74) is 4.83. The monoisotopic (exact) mass is 516 g/mol. The Balaban J connectivity index is 1.30. The number of allylic oxidation sites excluding steroid dienone is 3. The van der Waals surface area contributed by atoms with Crippen LogP contribution in [-0.4, -0.2) is 52.0 Å². The molecule has 2 aromatic carbocycles. The lowest BCUT2D eigenvalue weighted by molar-refractivity contribution is -0.0459. The Bertz CT molecular complexity index is 1300. The van der Waals surface area contributed by atoms with Crippen molar-refractivity contribution in [1.82, 2.24) is 4.90 Å². The van der Waals surface area contributed by atoms with Crippen LogP contribution in [0.2, 0.25) is 0 Å². The summed E-state index contributed by atoms with van der Waals surface area (Å²) in [5, 5.41) is 21.9. The maximum absolute atomic E-state index is 13.2. The summed E-state index contributed by atoms with van der Waals surface area (Å²) < 4.78 is 13.2. The first-order valence-electron chi connectivity index (χ1n) is 13.6. The minimum atomic E-state index is -0.893. The summed E-state index contributed by atoms with van der Waals surface area (Å²) >= 11 is 0. The maximum atomic E-state index is 13.2. The summed E-state index contributed by atoms with van der Waals surface area (Å²) in [7, 11) is 0. The third-order valence-corrected chi connectivity index (χ3v) is 8.93. The van der Waals surface area contributed by atoms with E-state index in [1.54, 1.807) is 17.0 Å². The molecule has 2 aromatic rings. The highest BCUT2D eigenvalue weighted by molar-refractivity contribution is 5.96. The number of aryl methyl sites for hydroxylation is 1.